The van der Waals surface area contributed by atoms with Gasteiger partial charge in [0.15, 0.2) is 0 Å². The van der Waals surface area contributed by atoms with E-state index in [1.807, 2.05) is 0 Å². The number of rotatable bonds is 2. The zero-order chi connectivity index (χ0) is 12.5. The minimum absolute atomic E-state index is 0.276. The minimum atomic E-state index is 0.276. The average Bonchev–Trinajstić information content (AvgIpc) is 2.26. The molecular weight excluding hydrogens is 214 g/mol. The fourth-order valence-corrected chi connectivity index (χ4v) is 2.83. The van der Waals surface area contributed by atoms with Crippen LogP contribution in [-0.2, 0) is 4.74 Å². The average molecular weight is 241 g/mol. The lowest BCUT2D eigenvalue weighted by Crippen LogP contribution is -2.59. The van der Waals surface area contributed by atoms with Gasteiger partial charge in [-0.3, -0.25) is 9.80 Å². The van der Waals surface area contributed by atoms with Crippen molar-refractivity contribution in [2.45, 2.75) is 31.8 Å². The predicted molar refractivity (Wildman–Crippen MR) is 70.1 cm³/mol. The van der Waals surface area contributed by atoms with Crippen molar-refractivity contribution in [2.75, 3.05) is 46.4 Å². The molecule has 0 aromatic heterocycles. The number of ether oxygens (including phenoxy) is 1. The highest BCUT2D eigenvalue weighted by molar-refractivity contribution is 4.90. The maximum absolute atomic E-state index is 6.17. The van der Waals surface area contributed by atoms with Gasteiger partial charge >= 0.3 is 0 Å². The summed E-state index contributed by atoms with van der Waals surface area (Å²) in [5.41, 5.74) is 6.45. The molecule has 2 N–H and O–H groups in total. The Morgan fingerprint density at radius 1 is 1.35 bits per heavy atom. The van der Waals surface area contributed by atoms with E-state index < -0.39 is 0 Å². The maximum atomic E-state index is 6.17. The molecule has 2 saturated heterocycles. The standard InChI is InChI=1S/C13H27N3O/c1-13(2)10-16(6-5-15(13)3)8-11-9-17-7-4-12(11)14/h11-12H,4-10,14H2,1-3H3. The SMILES string of the molecule is CN1CCN(CC2COCCC2N)CC1(C)C. The predicted octanol–water partition coefficient (Wildman–Crippen LogP) is 0.376. The van der Waals surface area contributed by atoms with Crippen LogP contribution in [0.15, 0.2) is 0 Å². The van der Waals surface area contributed by atoms with Crippen molar-refractivity contribution in [3.63, 3.8) is 0 Å². The van der Waals surface area contributed by atoms with Gasteiger partial charge in [0.2, 0.25) is 0 Å². The van der Waals surface area contributed by atoms with Crippen LogP contribution >= 0.6 is 0 Å². The van der Waals surface area contributed by atoms with Gasteiger partial charge in [-0.05, 0) is 27.3 Å². The van der Waals surface area contributed by atoms with Crippen molar-refractivity contribution in [1.82, 2.24) is 9.80 Å². The van der Waals surface area contributed by atoms with E-state index in [0.717, 1.165) is 45.8 Å². The lowest BCUT2D eigenvalue weighted by atomic mass is 9.93. The van der Waals surface area contributed by atoms with Gasteiger partial charge in [-0.25, -0.2) is 0 Å². The Labute approximate surface area is 105 Å². The fourth-order valence-electron chi connectivity index (χ4n) is 2.83. The number of nitrogens with zero attached hydrogens (tertiary/aromatic N) is 2. The third kappa shape index (κ3) is 3.19. The van der Waals surface area contributed by atoms with Crippen LogP contribution in [0.25, 0.3) is 0 Å². The summed E-state index contributed by atoms with van der Waals surface area (Å²) in [6.07, 6.45) is 1.02. The molecule has 100 valence electrons. The van der Waals surface area contributed by atoms with Crippen molar-refractivity contribution in [2.24, 2.45) is 11.7 Å². The van der Waals surface area contributed by atoms with E-state index in [1.54, 1.807) is 0 Å². The molecule has 2 rings (SSSR count). The summed E-state index contributed by atoms with van der Waals surface area (Å²) in [6, 6.07) is 0.325. The molecule has 0 spiro atoms. The number of likely N-dealkylation sites (N-methyl/N-ethyl adjacent to an activating group) is 1. The molecule has 0 saturated carbocycles. The van der Waals surface area contributed by atoms with Crippen molar-refractivity contribution in [3.05, 3.63) is 0 Å². The van der Waals surface area contributed by atoms with Crippen LogP contribution in [0.5, 0.6) is 0 Å². The van der Waals surface area contributed by atoms with Crippen molar-refractivity contribution < 1.29 is 4.74 Å². The van der Waals surface area contributed by atoms with Crippen LogP contribution in [0.2, 0.25) is 0 Å². The Kier molecular flexibility index (Phi) is 4.08. The summed E-state index contributed by atoms with van der Waals surface area (Å²) < 4.78 is 5.55. The molecule has 0 aromatic rings. The molecule has 2 heterocycles. The van der Waals surface area contributed by atoms with E-state index in [-0.39, 0.29) is 5.54 Å². The Morgan fingerprint density at radius 2 is 2.12 bits per heavy atom. The van der Waals surface area contributed by atoms with Gasteiger partial charge in [-0.15, -0.1) is 0 Å². The molecule has 0 amide bonds. The second-order valence-electron chi connectivity index (χ2n) is 6.26. The molecule has 2 atom stereocenters. The molecule has 4 heteroatoms. The molecule has 4 nitrogen and oxygen atoms in total. The maximum Gasteiger partial charge on any atom is 0.0521 e. The van der Waals surface area contributed by atoms with Gasteiger partial charge in [0, 0.05) is 50.3 Å². The zero-order valence-electron chi connectivity index (χ0n) is 11.5. The second-order valence-corrected chi connectivity index (χ2v) is 6.26. The first-order chi connectivity index (χ1) is 7.99. The van der Waals surface area contributed by atoms with E-state index in [9.17, 15) is 0 Å². The molecule has 0 bridgehead atoms. The third-order valence-electron chi connectivity index (χ3n) is 4.42. The summed E-state index contributed by atoms with van der Waals surface area (Å²) in [5, 5.41) is 0. The summed E-state index contributed by atoms with van der Waals surface area (Å²) in [4.78, 5) is 5.00. The summed E-state index contributed by atoms with van der Waals surface area (Å²) >= 11 is 0. The minimum Gasteiger partial charge on any atom is -0.381 e. The van der Waals surface area contributed by atoms with Crippen LogP contribution in [0.3, 0.4) is 0 Å². The van der Waals surface area contributed by atoms with Crippen LogP contribution in [0, 0.1) is 5.92 Å². The van der Waals surface area contributed by atoms with Crippen LogP contribution in [0.1, 0.15) is 20.3 Å². The molecule has 0 aromatic carbocycles. The van der Waals surface area contributed by atoms with E-state index in [0.29, 0.717) is 12.0 Å². The van der Waals surface area contributed by atoms with Gasteiger partial charge < -0.3 is 10.5 Å². The first-order valence-corrected chi connectivity index (χ1v) is 6.76. The molecule has 0 aliphatic carbocycles. The molecular formula is C13H27N3O. The van der Waals surface area contributed by atoms with Crippen LogP contribution < -0.4 is 5.73 Å². The Hall–Kier alpha value is -0.160. The summed E-state index contributed by atoms with van der Waals surface area (Å²) in [5.74, 6) is 0.517. The van der Waals surface area contributed by atoms with Gasteiger partial charge in [0.1, 0.15) is 0 Å². The van der Waals surface area contributed by atoms with E-state index in [1.165, 1.54) is 0 Å². The number of hydrogen-bond donors (Lipinski definition) is 1. The Balaban J connectivity index is 1.87. The highest BCUT2D eigenvalue weighted by atomic mass is 16.5. The lowest BCUT2D eigenvalue weighted by molar-refractivity contribution is -0.00571. The van der Waals surface area contributed by atoms with Gasteiger partial charge in [-0.1, -0.05) is 0 Å². The number of piperazine rings is 1. The highest BCUT2D eigenvalue weighted by Gasteiger charge is 2.33. The molecule has 2 fully saturated rings. The van der Waals surface area contributed by atoms with E-state index in [2.05, 4.69) is 30.7 Å². The Bertz CT molecular complexity index is 257. The van der Waals surface area contributed by atoms with Gasteiger partial charge in [0.05, 0.1) is 6.61 Å². The third-order valence-corrected chi connectivity index (χ3v) is 4.42. The van der Waals surface area contributed by atoms with Crippen molar-refractivity contribution in [1.29, 1.82) is 0 Å². The smallest absolute Gasteiger partial charge is 0.0521 e. The summed E-state index contributed by atoms with van der Waals surface area (Å²) in [7, 11) is 2.22. The highest BCUT2D eigenvalue weighted by Crippen LogP contribution is 2.21. The quantitative estimate of drug-likeness (QED) is 0.759. The second kappa shape index (κ2) is 5.22. The largest absolute Gasteiger partial charge is 0.381 e. The molecule has 2 unspecified atom stereocenters. The van der Waals surface area contributed by atoms with Gasteiger partial charge in [0.25, 0.3) is 0 Å². The van der Waals surface area contributed by atoms with Crippen LogP contribution in [-0.4, -0.2) is 67.8 Å². The number of nitrogens with two attached hydrogens (primary N) is 1. The van der Waals surface area contributed by atoms with Crippen LogP contribution in [0.4, 0.5) is 0 Å². The first-order valence-electron chi connectivity index (χ1n) is 6.76. The van der Waals surface area contributed by atoms with Crippen molar-refractivity contribution >= 4 is 0 Å². The first kappa shape index (κ1) is 13.3. The van der Waals surface area contributed by atoms with E-state index >= 15 is 0 Å². The lowest BCUT2D eigenvalue weighted by Gasteiger charge is -2.46. The molecule has 17 heavy (non-hydrogen) atoms. The van der Waals surface area contributed by atoms with Crippen molar-refractivity contribution in [3.8, 4) is 0 Å². The molecule has 0 radical (unpaired) electrons. The fraction of sp³-hybridized carbons (Fsp3) is 1.00. The molecule has 2 aliphatic rings. The normalized spacial score (nSPS) is 36.0. The Morgan fingerprint density at radius 3 is 2.76 bits per heavy atom. The monoisotopic (exact) mass is 241 g/mol. The van der Waals surface area contributed by atoms with Gasteiger partial charge in [-0.2, -0.15) is 0 Å². The van der Waals surface area contributed by atoms with E-state index in [4.69, 9.17) is 10.5 Å². The summed E-state index contributed by atoms with van der Waals surface area (Å²) in [6.45, 7) is 10.8. The topological polar surface area (TPSA) is 41.7 Å². The zero-order valence-corrected chi connectivity index (χ0v) is 11.5. The molecule has 2 aliphatic heterocycles. The number of hydrogen-bond acceptors (Lipinski definition) is 4.